The summed E-state index contributed by atoms with van der Waals surface area (Å²) in [5.41, 5.74) is -0.854. The van der Waals surface area contributed by atoms with Crippen LogP contribution >= 0.6 is 11.8 Å². The standard InChI is InChI=1S/C15H24O3S/c1-3-4-7-19-13-9(2)8-10-5-6-11-15(10,17)12(13)14(16)18-11/h9-13,17H,3-8H2,1-2H3/t9-,10+,11+,12?,13+,15+/m0/s1. The van der Waals surface area contributed by atoms with E-state index in [0.29, 0.717) is 5.92 Å². The summed E-state index contributed by atoms with van der Waals surface area (Å²) in [4.78, 5) is 12.2. The molecule has 0 radical (unpaired) electrons. The summed E-state index contributed by atoms with van der Waals surface area (Å²) in [6.45, 7) is 4.42. The minimum atomic E-state index is -0.854. The van der Waals surface area contributed by atoms with Crippen molar-refractivity contribution in [1.82, 2.24) is 0 Å². The predicted molar refractivity (Wildman–Crippen MR) is 76.0 cm³/mol. The molecule has 2 saturated carbocycles. The van der Waals surface area contributed by atoms with Gasteiger partial charge in [0.1, 0.15) is 17.6 Å². The van der Waals surface area contributed by atoms with Crippen LogP contribution in [-0.4, -0.2) is 33.8 Å². The average Bonchev–Trinajstić information content (AvgIpc) is 2.80. The first kappa shape index (κ1) is 13.7. The molecule has 4 heteroatoms. The maximum atomic E-state index is 12.2. The summed E-state index contributed by atoms with van der Waals surface area (Å²) in [5.74, 6) is 1.43. The molecule has 0 aromatic heterocycles. The minimum Gasteiger partial charge on any atom is -0.459 e. The van der Waals surface area contributed by atoms with Crippen LogP contribution in [0.25, 0.3) is 0 Å². The van der Waals surface area contributed by atoms with Gasteiger partial charge in [0.25, 0.3) is 0 Å². The Balaban J connectivity index is 1.83. The summed E-state index contributed by atoms with van der Waals surface area (Å²) in [7, 11) is 0. The SMILES string of the molecule is CCCCS[C@H]1C2C(=O)O[C@@H]3CC[C@H](C[C@@H]1C)[C@]23O. The first-order chi connectivity index (χ1) is 9.09. The number of hydrogen-bond donors (Lipinski definition) is 1. The fourth-order valence-electron chi connectivity index (χ4n) is 4.33. The number of hydrogen-bond acceptors (Lipinski definition) is 4. The quantitative estimate of drug-likeness (QED) is 0.637. The zero-order valence-electron chi connectivity index (χ0n) is 11.8. The van der Waals surface area contributed by atoms with Gasteiger partial charge in [0.05, 0.1) is 0 Å². The van der Waals surface area contributed by atoms with Crippen LogP contribution in [0.15, 0.2) is 0 Å². The molecule has 1 heterocycles. The Morgan fingerprint density at radius 1 is 1.47 bits per heavy atom. The van der Waals surface area contributed by atoms with Gasteiger partial charge in [-0.15, -0.1) is 0 Å². The van der Waals surface area contributed by atoms with Gasteiger partial charge in [-0.1, -0.05) is 20.3 Å². The molecule has 1 saturated heterocycles. The largest absolute Gasteiger partial charge is 0.459 e. The van der Waals surface area contributed by atoms with Gasteiger partial charge < -0.3 is 9.84 Å². The van der Waals surface area contributed by atoms with Gasteiger partial charge in [-0.25, -0.2) is 0 Å². The molecule has 0 bridgehead atoms. The third-order valence-electron chi connectivity index (χ3n) is 5.31. The maximum Gasteiger partial charge on any atom is 0.313 e. The second-order valence-electron chi connectivity index (χ2n) is 6.47. The molecule has 1 aliphatic heterocycles. The van der Waals surface area contributed by atoms with Crippen LogP contribution in [0.5, 0.6) is 0 Å². The van der Waals surface area contributed by atoms with E-state index in [2.05, 4.69) is 13.8 Å². The molecule has 0 amide bonds. The van der Waals surface area contributed by atoms with Crippen LogP contribution in [0, 0.1) is 17.8 Å². The summed E-state index contributed by atoms with van der Waals surface area (Å²) in [5, 5.41) is 11.3. The first-order valence-electron chi connectivity index (χ1n) is 7.63. The van der Waals surface area contributed by atoms with Gasteiger partial charge in [-0.05, 0) is 43.3 Å². The molecule has 3 nitrogen and oxygen atoms in total. The second kappa shape index (κ2) is 4.96. The Hall–Kier alpha value is -0.220. The van der Waals surface area contributed by atoms with Gasteiger partial charge in [0.2, 0.25) is 0 Å². The number of unbranched alkanes of at least 4 members (excludes halogenated alkanes) is 1. The Kier molecular flexibility index (Phi) is 3.59. The molecule has 6 atom stereocenters. The molecular formula is C15H24O3S. The number of esters is 1. The summed E-state index contributed by atoms with van der Waals surface area (Å²) in [6, 6.07) is 0. The van der Waals surface area contributed by atoms with Gasteiger partial charge in [-0.2, -0.15) is 11.8 Å². The Morgan fingerprint density at radius 3 is 3.00 bits per heavy atom. The van der Waals surface area contributed by atoms with Crippen molar-refractivity contribution in [3.05, 3.63) is 0 Å². The molecule has 0 aromatic rings. The fraction of sp³-hybridized carbons (Fsp3) is 0.933. The topological polar surface area (TPSA) is 46.5 Å². The zero-order chi connectivity index (χ0) is 13.6. The van der Waals surface area contributed by atoms with E-state index in [1.54, 1.807) is 0 Å². The minimum absolute atomic E-state index is 0.141. The summed E-state index contributed by atoms with van der Waals surface area (Å²) >= 11 is 1.88. The zero-order valence-corrected chi connectivity index (χ0v) is 12.6. The van der Waals surface area contributed by atoms with Crippen LogP contribution in [0.2, 0.25) is 0 Å². The van der Waals surface area contributed by atoms with Crippen molar-refractivity contribution in [1.29, 1.82) is 0 Å². The normalized spacial score (nSPS) is 48.2. The van der Waals surface area contributed by atoms with Crippen molar-refractivity contribution in [2.45, 2.75) is 62.9 Å². The fourth-order valence-corrected chi connectivity index (χ4v) is 6.02. The highest BCUT2D eigenvalue weighted by Crippen LogP contribution is 2.58. The van der Waals surface area contributed by atoms with E-state index >= 15 is 0 Å². The smallest absolute Gasteiger partial charge is 0.313 e. The molecule has 19 heavy (non-hydrogen) atoms. The number of thioether (sulfide) groups is 1. The van der Waals surface area contributed by atoms with Crippen molar-refractivity contribution in [3.63, 3.8) is 0 Å². The van der Waals surface area contributed by atoms with Crippen LogP contribution in [0.1, 0.15) is 46.0 Å². The maximum absolute atomic E-state index is 12.2. The molecule has 1 N–H and O–H groups in total. The first-order valence-corrected chi connectivity index (χ1v) is 8.68. The Morgan fingerprint density at radius 2 is 2.26 bits per heavy atom. The van der Waals surface area contributed by atoms with Crippen LogP contribution < -0.4 is 0 Å². The van der Waals surface area contributed by atoms with E-state index in [1.807, 2.05) is 11.8 Å². The van der Waals surface area contributed by atoms with E-state index in [9.17, 15) is 9.90 Å². The third-order valence-corrected chi connectivity index (χ3v) is 6.96. The molecule has 3 fully saturated rings. The highest BCUT2D eigenvalue weighted by atomic mass is 32.2. The lowest BCUT2D eigenvalue weighted by molar-refractivity contribution is -0.145. The third kappa shape index (κ3) is 1.94. The number of ether oxygens (including phenoxy) is 1. The van der Waals surface area contributed by atoms with Gasteiger partial charge in [-0.3, -0.25) is 4.79 Å². The lowest BCUT2D eigenvalue weighted by atomic mass is 9.66. The molecule has 108 valence electrons. The van der Waals surface area contributed by atoms with Gasteiger partial charge in [0.15, 0.2) is 0 Å². The van der Waals surface area contributed by atoms with Gasteiger partial charge in [0, 0.05) is 5.25 Å². The molecular weight excluding hydrogens is 260 g/mol. The van der Waals surface area contributed by atoms with Crippen molar-refractivity contribution >= 4 is 17.7 Å². The average molecular weight is 284 g/mol. The van der Waals surface area contributed by atoms with Crippen LogP contribution in [-0.2, 0) is 9.53 Å². The van der Waals surface area contributed by atoms with Crippen molar-refractivity contribution < 1.29 is 14.6 Å². The number of carbonyl (C=O) groups excluding carboxylic acids is 1. The summed E-state index contributed by atoms with van der Waals surface area (Å²) < 4.78 is 5.48. The second-order valence-corrected chi connectivity index (χ2v) is 7.75. The number of aliphatic hydroxyl groups is 1. The lowest BCUT2D eigenvalue weighted by Gasteiger charge is -2.44. The van der Waals surface area contributed by atoms with Crippen LogP contribution in [0.4, 0.5) is 0 Å². The van der Waals surface area contributed by atoms with Crippen LogP contribution in [0.3, 0.4) is 0 Å². The van der Waals surface area contributed by atoms with Crippen molar-refractivity contribution in [2.75, 3.05) is 5.75 Å². The van der Waals surface area contributed by atoms with E-state index < -0.39 is 5.60 Å². The van der Waals surface area contributed by atoms with E-state index in [0.717, 1.165) is 25.0 Å². The molecule has 0 aromatic carbocycles. The molecule has 3 aliphatic rings. The monoisotopic (exact) mass is 284 g/mol. The molecule has 1 unspecified atom stereocenters. The van der Waals surface area contributed by atoms with E-state index in [1.165, 1.54) is 12.8 Å². The summed E-state index contributed by atoms with van der Waals surface area (Å²) in [6.07, 6.45) is 5.05. The molecule has 3 rings (SSSR count). The Labute approximate surface area is 119 Å². The number of carbonyl (C=O) groups is 1. The highest BCUT2D eigenvalue weighted by Gasteiger charge is 2.68. The van der Waals surface area contributed by atoms with E-state index in [4.69, 9.17) is 4.74 Å². The molecule has 2 aliphatic carbocycles. The Bertz CT molecular complexity index is 372. The highest BCUT2D eigenvalue weighted by molar-refractivity contribution is 7.99. The predicted octanol–water partition coefficient (Wildman–Crippen LogP) is 2.61. The van der Waals surface area contributed by atoms with Crippen molar-refractivity contribution in [2.24, 2.45) is 17.8 Å². The number of rotatable bonds is 4. The van der Waals surface area contributed by atoms with Crippen molar-refractivity contribution in [3.8, 4) is 0 Å². The molecule has 0 spiro atoms. The van der Waals surface area contributed by atoms with E-state index in [-0.39, 0.29) is 29.2 Å². The lowest BCUT2D eigenvalue weighted by Crippen LogP contribution is -2.55. The van der Waals surface area contributed by atoms with Gasteiger partial charge >= 0.3 is 5.97 Å².